The monoisotopic (exact) mass is 234 g/mol. The minimum absolute atomic E-state index is 0.0342. The second kappa shape index (κ2) is 7.29. The van der Waals surface area contributed by atoms with Crippen molar-refractivity contribution < 1.29 is 19.1 Å². The molecule has 0 bridgehead atoms. The molecule has 1 unspecified atom stereocenters. The molecule has 0 radical (unpaired) electrons. The fourth-order valence-corrected chi connectivity index (χ4v) is 0.731. The molecule has 0 amide bonds. The summed E-state index contributed by atoms with van der Waals surface area (Å²) in [5.41, 5.74) is 0.315. The predicted molar refractivity (Wildman–Crippen MR) is 56.6 cm³/mol. The van der Waals surface area contributed by atoms with Crippen molar-refractivity contribution in [3.63, 3.8) is 0 Å². The van der Waals surface area contributed by atoms with Crippen LogP contribution in [0.25, 0.3) is 0 Å². The number of rotatable bonds is 6. The molecule has 0 rings (SSSR count). The highest BCUT2D eigenvalue weighted by atomic mass is 35.5. The van der Waals surface area contributed by atoms with Gasteiger partial charge in [-0.2, -0.15) is 0 Å². The number of halogens is 1. The van der Waals surface area contributed by atoms with E-state index in [1.807, 2.05) is 0 Å². The first-order chi connectivity index (χ1) is 6.99. The summed E-state index contributed by atoms with van der Waals surface area (Å²) in [5, 5.41) is 0. The number of hydrogen-bond donors (Lipinski definition) is 0. The Hall–Kier alpha value is -1.03. The van der Waals surface area contributed by atoms with E-state index in [0.717, 1.165) is 0 Å². The highest BCUT2D eigenvalue weighted by Crippen LogP contribution is 2.00. The van der Waals surface area contributed by atoms with Crippen molar-refractivity contribution in [1.82, 2.24) is 0 Å². The van der Waals surface area contributed by atoms with Crippen LogP contribution in [-0.2, 0) is 19.1 Å². The Balaban J connectivity index is 3.59. The molecule has 0 fully saturated rings. The molecule has 0 aromatic rings. The van der Waals surface area contributed by atoms with Crippen LogP contribution < -0.4 is 0 Å². The van der Waals surface area contributed by atoms with E-state index in [9.17, 15) is 9.59 Å². The van der Waals surface area contributed by atoms with E-state index in [2.05, 4.69) is 6.58 Å². The number of ether oxygens (including phenoxy) is 2. The fourth-order valence-electron chi connectivity index (χ4n) is 0.605. The molecule has 0 heterocycles. The molecule has 0 N–H and O–H groups in total. The largest absolute Gasteiger partial charge is 0.462 e. The number of carbonyl (C=O) groups is 2. The number of carbonyl (C=O) groups excluding carboxylic acids is 2. The highest BCUT2D eigenvalue weighted by Gasteiger charge is 2.12. The van der Waals surface area contributed by atoms with Crippen molar-refractivity contribution in [2.45, 2.75) is 13.8 Å². The maximum atomic E-state index is 11.1. The summed E-state index contributed by atoms with van der Waals surface area (Å²) in [6.07, 6.45) is 0. The molecule has 15 heavy (non-hydrogen) atoms. The topological polar surface area (TPSA) is 52.6 Å². The maximum absolute atomic E-state index is 11.1. The highest BCUT2D eigenvalue weighted by molar-refractivity contribution is 6.19. The van der Waals surface area contributed by atoms with Crippen molar-refractivity contribution in [1.29, 1.82) is 0 Å². The predicted octanol–water partition coefficient (Wildman–Crippen LogP) is 1.52. The number of esters is 2. The lowest BCUT2D eigenvalue weighted by Crippen LogP contribution is -2.19. The third-order valence-electron chi connectivity index (χ3n) is 1.54. The molecule has 0 spiro atoms. The SMILES string of the molecule is C=C(C)C(=O)OCCOC(=O)C(C)CCl. The first-order valence-corrected chi connectivity index (χ1v) is 5.07. The fraction of sp³-hybridized carbons (Fsp3) is 0.600. The van der Waals surface area contributed by atoms with Gasteiger partial charge in [-0.1, -0.05) is 13.5 Å². The quantitative estimate of drug-likeness (QED) is 0.303. The second-order valence-corrected chi connectivity index (χ2v) is 3.45. The molecule has 0 aromatic carbocycles. The average Bonchev–Trinajstić information content (AvgIpc) is 2.22. The van der Waals surface area contributed by atoms with Crippen molar-refractivity contribution >= 4 is 23.5 Å². The van der Waals surface area contributed by atoms with Crippen LogP contribution in [0.4, 0.5) is 0 Å². The van der Waals surface area contributed by atoms with Gasteiger partial charge in [-0.3, -0.25) is 4.79 Å². The van der Waals surface area contributed by atoms with Crippen LogP contribution in [0.5, 0.6) is 0 Å². The summed E-state index contributed by atoms with van der Waals surface area (Å²) in [6, 6.07) is 0. The first kappa shape index (κ1) is 14.0. The molecule has 0 aliphatic carbocycles. The maximum Gasteiger partial charge on any atom is 0.333 e. The lowest BCUT2D eigenvalue weighted by molar-refractivity contribution is -0.152. The first-order valence-electron chi connectivity index (χ1n) is 4.54. The van der Waals surface area contributed by atoms with Gasteiger partial charge in [0.15, 0.2) is 0 Å². The summed E-state index contributed by atoms with van der Waals surface area (Å²) in [4.78, 5) is 22.0. The van der Waals surface area contributed by atoms with Gasteiger partial charge in [0.2, 0.25) is 0 Å². The van der Waals surface area contributed by atoms with Crippen LogP contribution in [0.15, 0.2) is 12.2 Å². The summed E-state index contributed by atoms with van der Waals surface area (Å²) in [5.74, 6) is -1.01. The molecule has 0 aliphatic rings. The van der Waals surface area contributed by atoms with Crippen molar-refractivity contribution in [3.05, 3.63) is 12.2 Å². The van der Waals surface area contributed by atoms with Gasteiger partial charge in [-0.25, -0.2) is 4.79 Å². The summed E-state index contributed by atoms with van der Waals surface area (Å²) < 4.78 is 9.51. The Kier molecular flexibility index (Phi) is 6.79. The summed E-state index contributed by atoms with van der Waals surface area (Å²) in [7, 11) is 0. The van der Waals surface area contributed by atoms with Gasteiger partial charge in [-0.15, -0.1) is 11.6 Å². The smallest absolute Gasteiger partial charge is 0.333 e. The van der Waals surface area contributed by atoms with E-state index < -0.39 is 11.9 Å². The van der Waals surface area contributed by atoms with Crippen LogP contribution in [0, 0.1) is 5.92 Å². The second-order valence-electron chi connectivity index (χ2n) is 3.14. The lowest BCUT2D eigenvalue weighted by atomic mass is 10.2. The summed E-state index contributed by atoms with van der Waals surface area (Å²) in [6.45, 7) is 6.69. The van der Waals surface area contributed by atoms with E-state index in [0.29, 0.717) is 5.57 Å². The molecule has 4 nitrogen and oxygen atoms in total. The van der Waals surface area contributed by atoms with E-state index in [1.165, 1.54) is 0 Å². The van der Waals surface area contributed by atoms with E-state index in [-0.39, 0.29) is 25.0 Å². The number of hydrogen-bond acceptors (Lipinski definition) is 4. The Bertz CT molecular complexity index is 250. The molecule has 0 aliphatic heterocycles. The van der Waals surface area contributed by atoms with Crippen LogP contribution >= 0.6 is 11.6 Å². The Morgan fingerprint density at radius 2 is 1.87 bits per heavy atom. The molecule has 1 atom stereocenters. The van der Waals surface area contributed by atoms with E-state index >= 15 is 0 Å². The van der Waals surface area contributed by atoms with Gasteiger partial charge >= 0.3 is 11.9 Å². The molecule has 0 saturated heterocycles. The van der Waals surface area contributed by atoms with Gasteiger partial charge in [0.05, 0.1) is 5.92 Å². The Labute approximate surface area is 94.2 Å². The van der Waals surface area contributed by atoms with Gasteiger partial charge in [-0.05, 0) is 6.92 Å². The minimum atomic E-state index is -0.489. The van der Waals surface area contributed by atoms with Crippen molar-refractivity contribution in [2.75, 3.05) is 19.1 Å². The Morgan fingerprint density at radius 3 is 2.33 bits per heavy atom. The third kappa shape index (κ3) is 6.12. The van der Waals surface area contributed by atoms with E-state index in [4.69, 9.17) is 21.1 Å². The molecular formula is C10H15ClO4. The molecule has 86 valence electrons. The Morgan fingerprint density at radius 1 is 1.33 bits per heavy atom. The number of alkyl halides is 1. The van der Waals surface area contributed by atoms with Gasteiger partial charge < -0.3 is 9.47 Å². The standard InChI is InChI=1S/C10H15ClO4/c1-7(2)9(12)14-4-5-15-10(13)8(3)6-11/h8H,1,4-6H2,2-3H3. The van der Waals surface area contributed by atoms with Gasteiger partial charge in [0.1, 0.15) is 13.2 Å². The third-order valence-corrected chi connectivity index (χ3v) is 2.01. The van der Waals surface area contributed by atoms with Crippen molar-refractivity contribution in [2.24, 2.45) is 5.92 Å². The minimum Gasteiger partial charge on any atom is -0.462 e. The van der Waals surface area contributed by atoms with Gasteiger partial charge in [0.25, 0.3) is 0 Å². The van der Waals surface area contributed by atoms with Crippen molar-refractivity contribution in [3.8, 4) is 0 Å². The molecule has 0 aromatic heterocycles. The van der Waals surface area contributed by atoms with E-state index in [1.54, 1.807) is 13.8 Å². The van der Waals surface area contributed by atoms with Crippen LogP contribution in [0.1, 0.15) is 13.8 Å². The van der Waals surface area contributed by atoms with Crippen LogP contribution in [-0.4, -0.2) is 31.0 Å². The zero-order valence-electron chi connectivity index (χ0n) is 8.92. The zero-order valence-corrected chi connectivity index (χ0v) is 9.67. The van der Waals surface area contributed by atoms with Crippen LogP contribution in [0.3, 0.4) is 0 Å². The molecular weight excluding hydrogens is 220 g/mol. The summed E-state index contributed by atoms with van der Waals surface area (Å²) >= 11 is 5.45. The lowest BCUT2D eigenvalue weighted by Gasteiger charge is -2.08. The van der Waals surface area contributed by atoms with Gasteiger partial charge in [0, 0.05) is 11.5 Å². The average molecular weight is 235 g/mol. The normalized spacial score (nSPS) is 11.7. The molecule has 5 heteroatoms. The molecule has 0 saturated carbocycles. The zero-order chi connectivity index (χ0) is 11.8. The van der Waals surface area contributed by atoms with Crippen LogP contribution in [0.2, 0.25) is 0 Å².